The number of hydrogen-bond acceptors (Lipinski definition) is 5. The van der Waals surface area contributed by atoms with Crippen LogP contribution in [0.3, 0.4) is 0 Å². The highest BCUT2D eigenvalue weighted by molar-refractivity contribution is 5.95. The SMILES string of the molecule is COc1c(C)c(C(=O)O)c(O)c(O)c1O. The van der Waals surface area contributed by atoms with Crippen molar-refractivity contribution in [2.24, 2.45) is 0 Å². The largest absolute Gasteiger partial charge is 0.504 e. The van der Waals surface area contributed by atoms with Gasteiger partial charge in [-0.05, 0) is 6.92 Å². The summed E-state index contributed by atoms with van der Waals surface area (Å²) in [5, 5.41) is 36.6. The third-order valence-corrected chi connectivity index (χ3v) is 2.03. The highest BCUT2D eigenvalue weighted by Gasteiger charge is 2.25. The van der Waals surface area contributed by atoms with E-state index in [-0.39, 0.29) is 11.3 Å². The summed E-state index contributed by atoms with van der Waals surface area (Å²) in [5.74, 6) is -4.06. The maximum atomic E-state index is 10.8. The molecule has 0 aliphatic rings. The number of methoxy groups -OCH3 is 1. The van der Waals surface area contributed by atoms with Crippen LogP contribution in [-0.4, -0.2) is 33.5 Å². The molecule has 6 heteroatoms. The third-order valence-electron chi connectivity index (χ3n) is 2.03. The molecule has 0 heterocycles. The van der Waals surface area contributed by atoms with E-state index in [2.05, 4.69) is 0 Å². The van der Waals surface area contributed by atoms with Gasteiger partial charge in [-0.3, -0.25) is 0 Å². The molecule has 6 nitrogen and oxygen atoms in total. The van der Waals surface area contributed by atoms with Crippen molar-refractivity contribution in [2.45, 2.75) is 6.92 Å². The molecule has 0 amide bonds. The summed E-state index contributed by atoms with van der Waals surface area (Å²) in [6, 6.07) is 0. The van der Waals surface area contributed by atoms with E-state index in [1.165, 1.54) is 14.0 Å². The zero-order chi connectivity index (χ0) is 11.7. The van der Waals surface area contributed by atoms with Crippen LogP contribution in [0.4, 0.5) is 0 Å². The number of rotatable bonds is 2. The average molecular weight is 214 g/mol. The quantitative estimate of drug-likeness (QED) is 0.543. The molecular formula is C9H10O6. The lowest BCUT2D eigenvalue weighted by Gasteiger charge is -2.13. The normalized spacial score (nSPS) is 10.0. The van der Waals surface area contributed by atoms with E-state index >= 15 is 0 Å². The molecule has 4 N–H and O–H groups in total. The Morgan fingerprint density at radius 3 is 2.07 bits per heavy atom. The number of carboxylic acids is 1. The maximum absolute atomic E-state index is 10.8. The number of carbonyl (C=O) groups is 1. The number of aromatic hydroxyl groups is 3. The Morgan fingerprint density at radius 1 is 1.13 bits per heavy atom. The Bertz CT molecular complexity index is 423. The van der Waals surface area contributed by atoms with Crippen molar-refractivity contribution < 1.29 is 30.0 Å². The first-order valence-corrected chi connectivity index (χ1v) is 3.96. The van der Waals surface area contributed by atoms with Crippen molar-refractivity contribution in [2.75, 3.05) is 7.11 Å². The molecule has 0 spiro atoms. The summed E-state index contributed by atoms with van der Waals surface area (Å²) in [5.41, 5.74) is -0.458. The summed E-state index contributed by atoms with van der Waals surface area (Å²) in [6.07, 6.45) is 0. The minimum atomic E-state index is -1.42. The van der Waals surface area contributed by atoms with Crippen molar-refractivity contribution in [1.29, 1.82) is 0 Å². The van der Waals surface area contributed by atoms with Gasteiger partial charge in [-0.25, -0.2) is 4.79 Å². The standard InChI is InChI=1S/C9H10O6/c1-3-4(9(13)14)5(10)6(11)7(12)8(3)15-2/h10-12H,1-2H3,(H,13,14). The second-order valence-electron chi connectivity index (χ2n) is 2.88. The highest BCUT2D eigenvalue weighted by Crippen LogP contribution is 2.47. The van der Waals surface area contributed by atoms with E-state index in [1.54, 1.807) is 0 Å². The molecule has 82 valence electrons. The fourth-order valence-corrected chi connectivity index (χ4v) is 1.32. The van der Waals surface area contributed by atoms with Gasteiger partial charge in [-0.2, -0.15) is 0 Å². The molecule has 0 saturated heterocycles. The van der Waals surface area contributed by atoms with E-state index in [0.717, 1.165) is 0 Å². The summed E-state index contributed by atoms with van der Waals surface area (Å²) in [6.45, 7) is 1.35. The van der Waals surface area contributed by atoms with Gasteiger partial charge in [0.15, 0.2) is 11.5 Å². The monoisotopic (exact) mass is 214 g/mol. The van der Waals surface area contributed by atoms with Crippen LogP contribution in [-0.2, 0) is 0 Å². The summed E-state index contributed by atoms with van der Waals surface area (Å²) >= 11 is 0. The number of ether oxygens (including phenoxy) is 1. The molecule has 0 saturated carbocycles. The Balaban J connectivity index is 3.68. The molecule has 0 atom stereocenters. The molecule has 1 aromatic carbocycles. The number of carboxylic acid groups (broad SMARTS) is 1. The van der Waals surface area contributed by atoms with Gasteiger partial charge in [0.2, 0.25) is 11.5 Å². The lowest BCUT2D eigenvalue weighted by atomic mass is 10.0. The van der Waals surface area contributed by atoms with Crippen LogP contribution in [0, 0.1) is 6.92 Å². The second-order valence-corrected chi connectivity index (χ2v) is 2.88. The molecule has 0 aromatic heterocycles. The number of aromatic carboxylic acids is 1. The minimum Gasteiger partial charge on any atom is -0.504 e. The first kappa shape index (κ1) is 11.0. The molecule has 0 unspecified atom stereocenters. The van der Waals surface area contributed by atoms with E-state index in [4.69, 9.17) is 9.84 Å². The van der Waals surface area contributed by atoms with Gasteiger partial charge < -0.3 is 25.2 Å². The van der Waals surface area contributed by atoms with Gasteiger partial charge in [-0.1, -0.05) is 0 Å². The molecule has 0 fully saturated rings. The zero-order valence-corrected chi connectivity index (χ0v) is 8.11. The predicted octanol–water partition coefficient (Wildman–Crippen LogP) is 0.819. The van der Waals surface area contributed by atoms with Gasteiger partial charge in [0.05, 0.1) is 7.11 Å². The molecule has 0 radical (unpaired) electrons. The van der Waals surface area contributed by atoms with E-state index in [1.807, 2.05) is 0 Å². The second kappa shape index (κ2) is 3.56. The average Bonchev–Trinajstić information content (AvgIpc) is 2.15. The summed E-state index contributed by atoms with van der Waals surface area (Å²) < 4.78 is 4.72. The van der Waals surface area contributed by atoms with Crippen LogP contribution in [0.15, 0.2) is 0 Å². The van der Waals surface area contributed by atoms with Crippen LogP contribution < -0.4 is 4.74 Å². The smallest absolute Gasteiger partial charge is 0.340 e. The van der Waals surface area contributed by atoms with Gasteiger partial charge in [0.1, 0.15) is 5.56 Å². The number of hydrogen-bond donors (Lipinski definition) is 4. The van der Waals surface area contributed by atoms with Crippen LogP contribution in [0.25, 0.3) is 0 Å². The molecule has 0 aliphatic heterocycles. The molecular weight excluding hydrogens is 204 g/mol. The lowest BCUT2D eigenvalue weighted by Crippen LogP contribution is -2.02. The van der Waals surface area contributed by atoms with Crippen molar-refractivity contribution in [1.82, 2.24) is 0 Å². The van der Waals surface area contributed by atoms with Crippen molar-refractivity contribution in [3.8, 4) is 23.0 Å². The Labute approximate surface area is 85.0 Å². The first-order chi connectivity index (χ1) is 6.91. The van der Waals surface area contributed by atoms with Crippen LogP contribution in [0.2, 0.25) is 0 Å². The fourth-order valence-electron chi connectivity index (χ4n) is 1.32. The van der Waals surface area contributed by atoms with E-state index in [9.17, 15) is 20.1 Å². The number of phenolic OH excluding ortho intramolecular Hbond substituents is 2. The van der Waals surface area contributed by atoms with Gasteiger partial charge in [-0.15, -0.1) is 0 Å². The molecule has 0 aliphatic carbocycles. The fraction of sp³-hybridized carbons (Fsp3) is 0.222. The first-order valence-electron chi connectivity index (χ1n) is 3.96. The van der Waals surface area contributed by atoms with Crippen LogP contribution >= 0.6 is 0 Å². The Morgan fingerprint density at radius 2 is 1.67 bits per heavy atom. The topological polar surface area (TPSA) is 107 Å². The van der Waals surface area contributed by atoms with Crippen LogP contribution in [0.1, 0.15) is 15.9 Å². The van der Waals surface area contributed by atoms with Gasteiger partial charge >= 0.3 is 5.97 Å². The Hall–Kier alpha value is -2.11. The van der Waals surface area contributed by atoms with Crippen molar-refractivity contribution in [3.63, 3.8) is 0 Å². The van der Waals surface area contributed by atoms with Crippen molar-refractivity contribution in [3.05, 3.63) is 11.1 Å². The minimum absolute atomic E-state index is 0.0396. The number of benzene rings is 1. The van der Waals surface area contributed by atoms with Gasteiger partial charge in [0, 0.05) is 5.56 Å². The third kappa shape index (κ3) is 1.50. The van der Waals surface area contributed by atoms with Crippen molar-refractivity contribution >= 4 is 5.97 Å². The lowest BCUT2D eigenvalue weighted by molar-refractivity contribution is 0.0691. The van der Waals surface area contributed by atoms with Gasteiger partial charge in [0.25, 0.3) is 0 Å². The predicted molar refractivity (Wildman–Crippen MR) is 49.7 cm³/mol. The zero-order valence-electron chi connectivity index (χ0n) is 8.11. The molecule has 0 bridgehead atoms. The Kier molecular flexibility index (Phi) is 2.61. The van der Waals surface area contributed by atoms with Crippen LogP contribution in [0.5, 0.6) is 23.0 Å². The molecule has 15 heavy (non-hydrogen) atoms. The molecule has 1 aromatic rings. The number of phenols is 3. The summed E-state index contributed by atoms with van der Waals surface area (Å²) in [7, 11) is 1.21. The summed E-state index contributed by atoms with van der Waals surface area (Å²) in [4.78, 5) is 10.8. The highest BCUT2D eigenvalue weighted by atomic mass is 16.5. The van der Waals surface area contributed by atoms with E-state index in [0.29, 0.717) is 0 Å². The maximum Gasteiger partial charge on any atom is 0.340 e. The van der Waals surface area contributed by atoms with E-state index < -0.39 is 28.8 Å². The molecule has 1 rings (SSSR count).